The number of carbonyl (C=O) groups excluding carboxylic acids is 2. The molecule has 0 heterocycles. The molecule has 2 nitrogen and oxygen atoms in total. The highest BCUT2D eigenvalue weighted by atomic mass is 79.9. The van der Waals surface area contributed by atoms with E-state index < -0.39 is 4.87 Å². The number of rotatable bonds is 1. The molecule has 0 bridgehead atoms. The maximum atomic E-state index is 12.4. The van der Waals surface area contributed by atoms with E-state index in [0.717, 1.165) is 4.47 Å². The Bertz CT molecular complexity index is 657. The van der Waals surface area contributed by atoms with Crippen molar-refractivity contribution in [1.82, 2.24) is 0 Å². The highest BCUT2D eigenvalue weighted by Crippen LogP contribution is 2.43. The van der Waals surface area contributed by atoms with Gasteiger partial charge in [-0.3, -0.25) is 9.59 Å². The number of halogens is 2. The van der Waals surface area contributed by atoms with E-state index in [2.05, 4.69) is 15.9 Å². The number of hydrogen-bond acceptors (Lipinski definition) is 2. The highest BCUT2D eigenvalue weighted by Gasteiger charge is 2.52. The smallest absolute Gasteiger partial charge is 0.196 e. The van der Waals surface area contributed by atoms with Crippen molar-refractivity contribution in [3.05, 3.63) is 69.7 Å². The lowest BCUT2D eigenvalue weighted by Gasteiger charge is -2.18. The van der Waals surface area contributed by atoms with Crippen molar-refractivity contribution in [3.63, 3.8) is 0 Å². The zero-order chi connectivity index (χ0) is 13.6. The zero-order valence-electron chi connectivity index (χ0n) is 9.69. The molecule has 0 spiro atoms. The van der Waals surface area contributed by atoms with Gasteiger partial charge in [-0.05, 0) is 17.7 Å². The molecule has 0 aromatic heterocycles. The summed E-state index contributed by atoms with van der Waals surface area (Å²) in [5.41, 5.74) is 1.29. The third-order valence-corrected chi connectivity index (χ3v) is 4.37. The Morgan fingerprint density at radius 1 is 0.842 bits per heavy atom. The van der Waals surface area contributed by atoms with Gasteiger partial charge < -0.3 is 0 Å². The van der Waals surface area contributed by atoms with Gasteiger partial charge >= 0.3 is 0 Å². The summed E-state index contributed by atoms with van der Waals surface area (Å²) < 4.78 is 0.868. The van der Waals surface area contributed by atoms with Crippen molar-refractivity contribution >= 4 is 39.1 Å². The van der Waals surface area contributed by atoms with Gasteiger partial charge in [-0.1, -0.05) is 63.9 Å². The third kappa shape index (κ3) is 1.69. The molecule has 0 radical (unpaired) electrons. The molecule has 1 aliphatic rings. The highest BCUT2D eigenvalue weighted by molar-refractivity contribution is 9.10. The molecule has 19 heavy (non-hydrogen) atoms. The van der Waals surface area contributed by atoms with Crippen LogP contribution in [-0.4, -0.2) is 11.6 Å². The van der Waals surface area contributed by atoms with Crippen LogP contribution < -0.4 is 0 Å². The Labute approximate surface area is 123 Å². The van der Waals surface area contributed by atoms with Gasteiger partial charge in [0.2, 0.25) is 0 Å². The fourth-order valence-electron chi connectivity index (χ4n) is 2.30. The van der Waals surface area contributed by atoms with Crippen molar-refractivity contribution in [1.29, 1.82) is 0 Å². The van der Waals surface area contributed by atoms with Gasteiger partial charge in [-0.2, -0.15) is 0 Å². The lowest BCUT2D eigenvalue weighted by atomic mass is 9.93. The third-order valence-electron chi connectivity index (χ3n) is 3.28. The molecule has 94 valence electrons. The van der Waals surface area contributed by atoms with Crippen LogP contribution in [-0.2, 0) is 4.87 Å². The molecule has 0 atom stereocenters. The van der Waals surface area contributed by atoms with Gasteiger partial charge in [0, 0.05) is 15.6 Å². The van der Waals surface area contributed by atoms with Crippen LogP contribution in [0, 0.1) is 0 Å². The first-order chi connectivity index (χ1) is 9.05. The van der Waals surface area contributed by atoms with E-state index in [1.807, 2.05) is 0 Å². The normalized spacial score (nSPS) is 16.5. The molecule has 0 aliphatic heterocycles. The van der Waals surface area contributed by atoms with Crippen molar-refractivity contribution in [2.45, 2.75) is 4.87 Å². The summed E-state index contributed by atoms with van der Waals surface area (Å²) in [6, 6.07) is 13.7. The van der Waals surface area contributed by atoms with Gasteiger partial charge in [-0.15, -0.1) is 0 Å². The number of benzene rings is 2. The van der Waals surface area contributed by atoms with Crippen molar-refractivity contribution in [2.75, 3.05) is 0 Å². The molecule has 0 amide bonds. The predicted octanol–water partition coefficient (Wildman–Crippen LogP) is 3.96. The quantitative estimate of drug-likeness (QED) is 0.584. The Balaban J connectivity index is 2.19. The van der Waals surface area contributed by atoms with Crippen LogP contribution in [0.25, 0.3) is 0 Å². The zero-order valence-corrected chi connectivity index (χ0v) is 12.0. The number of ketones is 2. The molecule has 0 N–H and O–H groups in total. The van der Waals surface area contributed by atoms with E-state index >= 15 is 0 Å². The van der Waals surface area contributed by atoms with Crippen molar-refractivity contribution in [3.8, 4) is 0 Å². The summed E-state index contributed by atoms with van der Waals surface area (Å²) in [6.07, 6.45) is 0. The Hall–Kier alpha value is -1.45. The summed E-state index contributed by atoms with van der Waals surface area (Å²) in [4.78, 5) is 23.3. The summed E-state index contributed by atoms with van der Waals surface area (Å²) >= 11 is 9.72. The van der Waals surface area contributed by atoms with E-state index in [-0.39, 0.29) is 11.6 Å². The molecular weight excluding hydrogens is 328 g/mol. The minimum absolute atomic E-state index is 0.350. The van der Waals surface area contributed by atoms with Gasteiger partial charge in [0.15, 0.2) is 16.4 Å². The summed E-state index contributed by atoms with van der Waals surface area (Å²) in [5.74, 6) is -0.700. The summed E-state index contributed by atoms with van der Waals surface area (Å²) in [5, 5.41) is 0. The number of hydrogen-bond donors (Lipinski definition) is 0. The first kappa shape index (κ1) is 12.6. The lowest BCUT2D eigenvalue weighted by Crippen LogP contribution is -2.31. The predicted molar refractivity (Wildman–Crippen MR) is 76.8 cm³/mol. The number of Topliss-reactive ketones (excluding diaryl/α,β-unsaturated/α-hetero) is 2. The van der Waals surface area contributed by atoms with E-state index in [4.69, 9.17) is 11.6 Å². The summed E-state index contributed by atoms with van der Waals surface area (Å²) in [7, 11) is 0. The van der Waals surface area contributed by atoms with E-state index in [1.165, 1.54) is 0 Å². The second-order valence-electron chi connectivity index (χ2n) is 4.37. The summed E-state index contributed by atoms with van der Waals surface area (Å²) in [6.45, 7) is 0. The molecule has 0 fully saturated rings. The average Bonchev–Trinajstić information content (AvgIpc) is 2.63. The Morgan fingerprint density at radius 3 is 1.79 bits per heavy atom. The van der Waals surface area contributed by atoms with Gasteiger partial charge in [0.25, 0.3) is 0 Å². The van der Waals surface area contributed by atoms with E-state index in [9.17, 15) is 9.59 Å². The molecule has 0 saturated carbocycles. The van der Waals surface area contributed by atoms with Gasteiger partial charge in [0.05, 0.1) is 0 Å². The Morgan fingerprint density at radius 2 is 1.32 bits per heavy atom. The van der Waals surface area contributed by atoms with Gasteiger partial charge in [-0.25, -0.2) is 0 Å². The number of alkyl halides is 1. The number of fused-ring (bicyclic) bond motifs is 1. The van der Waals surface area contributed by atoms with Gasteiger partial charge in [0.1, 0.15) is 0 Å². The molecular formula is C15H8BrClO2. The second-order valence-corrected chi connectivity index (χ2v) is 5.85. The fraction of sp³-hybridized carbons (Fsp3) is 0.0667. The second kappa shape index (κ2) is 4.29. The SMILES string of the molecule is O=C1c2ccccc2C(=O)C1(Cl)c1ccc(Br)cc1. The minimum Gasteiger partial charge on any atom is -0.291 e. The topological polar surface area (TPSA) is 34.1 Å². The molecule has 3 rings (SSSR count). The van der Waals surface area contributed by atoms with E-state index in [0.29, 0.717) is 16.7 Å². The molecule has 0 unspecified atom stereocenters. The lowest BCUT2D eigenvalue weighted by molar-refractivity contribution is 0.0861. The fourth-order valence-corrected chi connectivity index (χ4v) is 2.89. The van der Waals surface area contributed by atoms with E-state index in [1.54, 1.807) is 48.5 Å². The largest absolute Gasteiger partial charge is 0.291 e. The maximum absolute atomic E-state index is 12.4. The maximum Gasteiger partial charge on any atom is 0.196 e. The van der Waals surface area contributed by atoms with Crippen LogP contribution in [0.1, 0.15) is 26.3 Å². The van der Waals surface area contributed by atoms with Crippen LogP contribution in [0.15, 0.2) is 53.0 Å². The molecule has 4 heteroatoms. The van der Waals surface area contributed by atoms with Crippen LogP contribution in [0.3, 0.4) is 0 Å². The average molecular weight is 336 g/mol. The van der Waals surface area contributed by atoms with Crippen LogP contribution in [0.2, 0.25) is 0 Å². The standard InChI is InChI=1S/C15H8BrClO2/c16-10-7-5-9(6-8-10)15(17)13(18)11-3-1-2-4-12(11)14(15)19/h1-8H. The van der Waals surface area contributed by atoms with Crippen LogP contribution in [0.4, 0.5) is 0 Å². The van der Waals surface area contributed by atoms with Crippen molar-refractivity contribution < 1.29 is 9.59 Å². The first-order valence-electron chi connectivity index (χ1n) is 5.68. The number of carbonyl (C=O) groups is 2. The minimum atomic E-state index is -1.62. The molecule has 0 saturated heterocycles. The molecule has 1 aliphatic carbocycles. The Kier molecular flexibility index (Phi) is 2.84. The van der Waals surface area contributed by atoms with Crippen LogP contribution >= 0.6 is 27.5 Å². The first-order valence-corrected chi connectivity index (χ1v) is 6.86. The monoisotopic (exact) mass is 334 g/mol. The molecule has 2 aromatic rings. The van der Waals surface area contributed by atoms with Crippen LogP contribution in [0.5, 0.6) is 0 Å². The van der Waals surface area contributed by atoms with Crippen molar-refractivity contribution in [2.24, 2.45) is 0 Å². The molecule has 2 aromatic carbocycles.